The summed E-state index contributed by atoms with van der Waals surface area (Å²) in [5, 5.41) is 8.07. The van der Waals surface area contributed by atoms with E-state index in [2.05, 4.69) is 12.2 Å². The Labute approximate surface area is 123 Å². The molecule has 1 aromatic rings. The van der Waals surface area contributed by atoms with E-state index in [1.54, 1.807) is 6.07 Å². The molecule has 3 unspecified atom stereocenters. The van der Waals surface area contributed by atoms with Crippen molar-refractivity contribution >= 4 is 15.9 Å². The third kappa shape index (κ3) is 2.89. The number of rotatable bonds is 4. The zero-order valence-corrected chi connectivity index (χ0v) is 12.5. The molecular weight excluding hydrogens is 292 g/mol. The van der Waals surface area contributed by atoms with E-state index in [0.717, 1.165) is 12.8 Å². The molecule has 3 rings (SSSR count). The molecule has 1 aromatic carbocycles. The smallest absolute Gasteiger partial charge is 0.261 e. The lowest BCUT2D eigenvalue weighted by Crippen LogP contribution is -2.39. The maximum atomic E-state index is 12.1. The minimum absolute atomic E-state index is 0.0409. The molecule has 0 aromatic heterocycles. The van der Waals surface area contributed by atoms with E-state index in [0.29, 0.717) is 23.7 Å². The highest BCUT2D eigenvalue weighted by Gasteiger charge is 2.39. The summed E-state index contributed by atoms with van der Waals surface area (Å²) in [5.74, 6) is 0.987. The number of hydrogen-bond donors (Lipinski definition) is 2. The number of carbonyl (C=O) groups excluding carboxylic acids is 1. The first kappa shape index (κ1) is 14.3. The third-order valence-electron chi connectivity index (χ3n) is 4.10. The summed E-state index contributed by atoms with van der Waals surface area (Å²) in [6, 6.07) is 4.68. The summed E-state index contributed by atoms with van der Waals surface area (Å²) < 4.78 is 28.2. The van der Waals surface area contributed by atoms with Crippen molar-refractivity contribution in [3.8, 4) is 5.75 Å². The summed E-state index contributed by atoms with van der Waals surface area (Å²) in [5.41, 5.74) is 0.699. The Hall–Kier alpha value is -1.60. The van der Waals surface area contributed by atoms with Crippen LogP contribution in [0.2, 0.25) is 0 Å². The minimum atomic E-state index is -3.74. The molecule has 0 bridgehead atoms. The van der Waals surface area contributed by atoms with E-state index in [-0.39, 0.29) is 16.8 Å². The normalized spacial score (nSPS) is 26.9. The van der Waals surface area contributed by atoms with Gasteiger partial charge in [0, 0.05) is 12.5 Å². The Morgan fingerprint density at radius 3 is 2.86 bits per heavy atom. The maximum absolute atomic E-state index is 12.1. The fourth-order valence-electron chi connectivity index (χ4n) is 2.70. The van der Waals surface area contributed by atoms with Crippen molar-refractivity contribution in [2.45, 2.75) is 43.2 Å². The zero-order valence-electron chi connectivity index (χ0n) is 11.7. The predicted octanol–water partition coefficient (Wildman–Crippen LogP) is 0.552. The number of sulfonamides is 1. The lowest BCUT2D eigenvalue weighted by molar-refractivity contribution is -0.127. The van der Waals surface area contributed by atoms with Crippen molar-refractivity contribution in [3.63, 3.8) is 0 Å². The first-order chi connectivity index (χ1) is 9.88. The molecule has 1 fully saturated rings. The molecule has 1 heterocycles. The molecule has 3 atom stereocenters. The van der Waals surface area contributed by atoms with Crippen LogP contribution in [-0.4, -0.2) is 26.5 Å². The lowest BCUT2D eigenvalue weighted by atomic mass is 10.1. The summed E-state index contributed by atoms with van der Waals surface area (Å²) in [4.78, 5) is 12.2. The third-order valence-corrected chi connectivity index (χ3v) is 5.01. The monoisotopic (exact) mass is 310 g/mol. The Balaban J connectivity index is 1.68. The van der Waals surface area contributed by atoms with Gasteiger partial charge in [-0.05, 0) is 36.1 Å². The number of amides is 1. The standard InChI is InChI=1S/C14H18N2O4S/c1-2-8-6-11(8)16-14(17)13-7-9-5-10(21(15,18)19)3-4-12(9)20-13/h3-5,8,11,13H,2,6-7H2,1H3,(H,16,17)(H2,15,18,19). The molecular formula is C14H18N2O4S. The zero-order chi connectivity index (χ0) is 15.2. The number of nitrogens with two attached hydrogens (primary N) is 1. The van der Waals surface area contributed by atoms with Gasteiger partial charge in [-0.15, -0.1) is 0 Å². The van der Waals surface area contributed by atoms with Gasteiger partial charge in [0.2, 0.25) is 10.0 Å². The number of nitrogens with one attached hydrogen (secondary N) is 1. The molecule has 21 heavy (non-hydrogen) atoms. The summed E-state index contributed by atoms with van der Waals surface area (Å²) in [6.45, 7) is 2.10. The van der Waals surface area contributed by atoms with Crippen LogP contribution in [0, 0.1) is 5.92 Å². The molecule has 0 saturated heterocycles. The Morgan fingerprint density at radius 2 is 2.24 bits per heavy atom. The fraction of sp³-hybridized carbons (Fsp3) is 0.500. The SMILES string of the molecule is CCC1CC1NC(=O)C1Cc2cc(S(N)(=O)=O)ccc2O1. The number of benzene rings is 1. The number of ether oxygens (including phenoxy) is 1. The van der Waals surface area contributed by atoms with Crippen LogP contribution in [0.5, 0.6) is 5.75 Å². The molecule has 1 amide bonds. The van der Waals surface area contributed by atoms with Gasteiger partial charge in [0.1, 0.15) is 5.75 Å². The van der Waals surface area contributed by atoms with Crippen molar-refractivity contribution in [1.82, 2.24) is 5.32 Å². The van der Waals surface area contributed by atoms with Crippen LogP contribution in [0.15, 0.2) is 23.1 Å². The van der Waals surface area contributed by atoms with Gasteiger partial charge in [-0.1, -0.05) is 13.3 Å². The van der Waals surface area contributed by atoms with Crippen LogP contribution in [0.4, 0.5) is 0 Å². The Morgan fingerprint density at radius 1 is 1.48 bits per heavy atom. The highest BCUT2D eigenvalue weighted by atomic mass is 32.2. The fourth-order valence-corrected chi connectivity index (χ4v) is 3.26. The molecule has 3 N–H and O–H groups in total. The average Bonchev–Trinajstić information content (AvgIpc) is 3.02. The quantitative estimate of drug-likeness (QED) is 0.848. The molecule has 7 heteroatoms. The summed E-state index contributed by atoms with van der Waals surface area (Å²) >= 11 is 0. The van der Waals surface area contributed by atoms with Gasteiger partial charge in [-0.2, -0.15) is 0 Å². The van der Waals surface area contributed by atoms with Gasteiger partial charge in [-0.3, -0.25) is 4.79 Å². The molecule has 114 valence electrons. The second-order valence-corrected chi connectivity index (χ2v) is 7.21. The topological polar surface area (TPSA) is 98.5 Å². The van der Waals surface area contributed by atoms with Crippen LogP contribution in [-0.2, 0) is 21.2 Å². The molecule has 0 spiro atoms. The maximum Gasteiger partial charge on any atom is 0.261 e. The summed E-state index contributed by atoms with van der Waals surface area (Å²) in [7, 11) is -3.74. The van der Waals surface area contributed by atoms with Crippen LogP contribution in [0.25, 0.3) is 0 Å². The van der Waals surface area contributed by atoms with Crippen molar-refractivity contribution in [2.24, 2.45) is 11.1 Å². The van der Waals surface area contributed by atoms with Gasteiger partial charge >= 0.3 is 0 Å². The van der Waals surface area contributed by atoms with E-state index >= 15 is 0 Å². The van der Waals surface area contributed by atoms with E-state index in [9.17, 15) is 13.2 Å². The molecule has 2 aliphatic rings. The highest BCUT2D eigenvalue weighted by Crippen LogP contribution is 2.34. The number of primary sulfonamides is 1. The Bertz CT molecular complexity index is 686. The number of carbonyl (C=O) groups is 1. The molecule has 0 radical (unpaired) electrons. The predicted molar refractivity (Wildman–Crippen MR) is 76.3 cm³/mol. The van der Waals surface area contributed by atoms with Crippen molar-refractivity contribution < 1.29 is 17.9 Å². The highest BCUT2D eigenvalue weighted by molar-refractivity contribution is 7.89. The minimum Gasteiger partial charge on any atom is -0.480 e. The van der Waals surface area contributed by atoms with E-state index in [4.69, 9.17) is 9.88 Å². The molecule has 1 aliphatic carbocycles. The van der Waals surface area contributed by atoms with Crippen LogP contribution in [0.1, 0.15) is 25.3 Å². The van der Waals surface area contributed by atoms with E-state index < -0.39 is 16.1 Å². The number of hydrogen-bond acceptors (Lipinski definition) is 4. The largest absolute Gasteiger partial charge is 0.480 e. The summed E-state index contributed by atoms with van der Waals surface area (Å²) in [6.07, 6.45) is 1.87. The van der Waals surface area contributed by atoms with Crippen molar-refractivity contribution in [3.05, 3.63) is 23.8 Å². The first-order valence-electron chi connectivity index (χ1n) is 7.01. The average molecular weight is 310 g/mol. The van der Waals surface area contributed by atoms with Crippen molar-refractivity contribution in [2.75, 3.05) is 0 Å². The molecule has 1 saturated carbocycles. The van der Waals surface area contributed by atoms with Crippen LogP contribution in [0.3, 0.4) is 0 Å². The van der Waals surface area contributed by atoms with Gasteiger partial charge in [-0.25, -0.2) is 13.6 Å². The van der Waals surface area contributed by atoms with E-state index in [1.807, 2.05) is 0 Å². The van der Waals surface area contributed by atoms with Gasteiger partial charge < -0.3 is 10.1 Å². The lowest BCUT2D eigenvalue weighted by Gasteiger charge is -2.11. The van der Waals surface area contributed by atoms with Crippen molar-refractivity contribution in [1.29, 1.82) is 0 Å². The van der Waals surface area contributed by atoms with Gasteiger partial charge in [0.15, 0.2) is 6.10 Å². The second kappa shape index (κ2) is 4.99. The van der Waals surface area contributed by atoms with Crippen LogP contribution < -0.4 is 15.2 Å². The van der Waals surface area contributed by atoms with Gasteiger partial charge in [0.25, 0.3) is 5.91 Å². The van der Waals surface area contributed by atoms with E-state index in [1.165, 1.54) is 12.1 Å². The second-order valence-electron chi connectivity index (χ2n) is 5.64. The Kier molecular flexibility index (Phi) is 3.41. The molecule has 1 aliphatic heterocycles. The van der Waals surface area contributed by atoms with Gasteiger partial charge in [0.05, 0.1) is 4.90 Å². The number of fused-ring (bicyclic) bond motifs is 1. The van der Waals surface area contributed by atoms with Crippen LogP contribution >= 0.6 is 0 Å². The molecule has 6 nitrogen and oxygen atoms in total. The first-order valence-corrected chi connectivity index (χ1v) is 8.56.